The molecule has 5 nitrogen and oxygen atoms in total. The van der Waals surface area contributed by atoms with Crippen LogP contribution in [-0.2, 0) is 4.79 Å². The van der Waals surface area contributed by atoms with Crippen LogP contribution in [0.15, 0.2) is 18.2 Å². The molecule has 0 spiro atoms. The summed E-state index contributed by atoms with van der Waals surface area (Å²) in [6.07, 6.45) is 3.23. The number of fused-ring (bicyclic) bond motifs is 1. The monoisotopic (exact) mass is 338 g/mol. The number of hydrogen-bond acceptors (Lipinski definition) is 2. The van der Waals surface area contributed by atoms with E-state index in [4.69, 9.17) is 11.6 Å². The molecule has 1 amide bonds. The Bertz CT molecular complexity index is 781. The van der Waals surface area contributed by atoms with E-state index >= 15 is 0 Å². The predicted molar refractivity (Wildman–Crippen MR) is 84.2 cm³/mol. The third-order valence-electron chi connectivity index (χ3n) is 4.39. The van der Waals surface area contributed by atoms with Gasteiger partial charge in [0, 0.05) is 10.9 Å². The lowest BCUT2D eigenvalue weighted by Crippen LogP contribution is -2.55. The van der Waals surface area contributed by atoms with Gasteiger partial charge in [0.2, 0.25) is 0 Å². The van der Waals surface area contributed by atoms with E-state index in [-0.39, 0.29) is 10.7 Å². The highest BCUT2D eigenvalue weighted by molar-refractivity contribution is 6.38. The molecule has 1 aliphatic carbocycles. The van der Waals surface area contributed by atoms with Gasteiger partial charge in [-0.15, -0.1) is 0 Å². The minimum Gasteiger partial charge on any atom is -0.480 e. The van der Waals surface area contributed by atoms with Gasteiger partial charge in [0.15, 0.2) is 0 Å². The number of aromatic nitrogens is 1. The Labute approximate surface area is 136 Å². The van der Waals surface area contributed by atoms with Crippen molar-refractivity contribution in [3.8, 4) is 0 Å². The van der Waals surface area contributed by atoms with E-state index in [0.717, 1.165) is 19.3 Å². The molecule has 0 radical (unpaired) electrons. The molecule has 1 saturated carbocycles. The number of aliphatic carboxylic acids is 1. The average Bonchev–Trinajstić information content (AvgIpc) is 2.85. The summed E-state index contributed by atoms with van der Waals surface area (Å²) < 4.78 is 13.3. The van der Waals surface area contributed by atoms with Gasteiger partial charge in [-0.05, 0) is 31.0 Å². The summed E-state index contributed by atoms with van der Waals surface area (Å²) >= 11 is 6.16. The number of hydrogen-bond donors (Lipinski definition) is 3. The smallest absolute Gasteiger partial charge is 0.329 e. The number of carboxylic acid groups (broad SMARTS) is 1. The molecule has 3 N–H and O–H groups in total. The Kier molecular flexibility index (Phi) is 4.02. The van der Waals surface area contributed by atoms with Crippen LogP contribution in [0.4, 0.5) is 4.39 Å². The summed E-state index contributed by atoms with van der Waals surface area (Å²) in [4.78, 5) is 27.0. The number of benzene rings is 1. The van der Waals surface area contributed by atoms with Crippen molar-refractivity contribution in [3.63, 3.8) is 0 Å². The van der Waals surface area contributed by atoms with Crippen LogP contribution >= 0.6 is 11.6 Å². The van der Waals surface area contributed by atoms with E-state index < -0.39 is 23.2 Å². The van der Waals surface area contributed by atoms with E-state index in [0.29, 0.717) is 23.7 Å². The first-order valence-electron chi connectivity index (χ1n) is 7.45. The first-order valence-corrected chi connectivity index (χ1v) is 7.83. The van der Waals surface area contributed by atoms with Crippen LogP contribution in [0.3, 0.4) is 0 Å². The number of H-pyrrole nitrogens is 1. The van der Waals surface area contributed by atoms with Gasteiger partial charge in [0.1, 0.15) is 17.1 Å². The van der Waals surface area contributed by atoms with Crippen LogP contribution < -0.4 is 5.32 Å². The van der Waals surface area contributed by atoms with Gasteiger partial charge in [0.05, 0.1) is 5.02 Å². The highest BCUT2D eigenvalue weighted by Gasteiger charge is 2.41. The molecular formula is C16H16ClFN2O3. The fourth-order valence-corrected chi connectivity index (χ4v) is 3.40. The second-order valence-electron chi connectivity index (χ2n) is 5.91. The van der Waals surface area contributed by atoms with Crippen molar-refractivity contribution in [1.29, 1.82) is 0 Å². The lowest BCUT2D eigenvalue weighted by molar-refractivity contribution is -0.145. The SMILES string of the molecule is O=C(NC1(C(=O)O)CCCCC1)c1[nH]c2ccc(F)cc2c1Cl. The van der Waals surface area contributed by atoms with Crippen molar-refractivity contribution >= 4 is 34.4 Å². The molecule has 23 heavy (non-hydrogen) atoms. The van der Waals surface area contributed by atoms with Crippen molar-refractivity contribution in [2.75, 3.05) is 0 Å². The lowest BCUT2D eigenvalue weighted by Gasteiger charge is -2.33. The molecule has 0 unspecified atom stereocenters. The van der Waals surface area contributed by atoms with Crippen LogP contribution in [0, 0.1) is 5.82 Å². The molecule has 1 heterocycles. The molecule has 2 aromatic rings. The highest BCUT2D eigenvalue weighted by atomic mass is 35.5. The zero-order valence-electron chi connectivity index (χ0n) is 12.3. The predicted octanol–water partition coefficient (Wildman–Crippen LogP) is 3.48. The molecule has 0 bridgehead atoms. The summed E-state index contributed by atoms with van der Waals surface area (Å²) in [6, 6.07) is 3.98. The van der Waals surface area contributed by atoms with Gasteiger partial charge in [-0.25, -0.2) is 9.18 Å². The normalized spacial score (nSPS) is 17.1. The van der Waals surface area contributed by atoms with Crippen LogP contribution in [-0.4, -0.2) is 27.5 Å². The molecule has 7 heteroatoms. The maximum absolute atomic E-state index is 13.3. The minimum absolute atomic E-state index is 0.0541. The second-order valence-corrected chi connectivity index (χ2v) is 6.28. The number of carbonyl (C=O) groups excluding carboxylic acids is 1. The molecule has 1 aliphatic rings. The summed E-state index contributed by atoms with van der Waals surface area (Å²) in [6.45, 7) is 0. The maximum Gasteiger partial charge on any atom is 0.329 e. The molecule has 1 fully saturated rings. The Balaban J connectivity index is 1.94. The van der Waals surface area contributed by atoms with E-state index in [9.17, 15) is 19.1 Å². The number of nitrogens with one attached hydrogen (secondary N) is 2. The molecule has 1 aromatic heterocycles. The van der Waals surface area contributed by atoms with Crippen molar-refractivity contribution in [1.82, 2.24) is 10.3 Å². The van der Waals surface area contributed by atoms with Crippen LogP contribution in [0.5, 0.6) is 0 Å². The minimum atomic E-state index is -1.26. The zero-order chi connectivity index (χ0) is 16.6. The Morgan fingerprint density at radius 1 is 1.26 bits per heavy atom. The van der Waals surface area contributed by atoms with Crippen LogP contribution in [0.25, 0.3) is 10.9 Å². The Morgan fingerprint density at radius 2 is 1.96 bits per heavy atom. The molecule has 3 rings (SSSR count). The second kappa shape index (κ2) is 5.85. The first kappa shape index (κ1) is 15.8. The number of rotatable bonds is 3. The van der Waals surface area contributed by atoms with E-state index in [1.54, 1.807) is 0 Å². The third kappa shape index (κ3) is 2.79. The van der Waals surface area contributed by atoms with Gasteiger partial charge < -0.3 is 15.4 Å². The third-order valence-corrected chi connectivity index (χ3v) is 4.79. The van der Waals surface area contributed by atoms with Gasteiger partial charge in [-0.3, -0.25) is 4.79 Å². The molecule has 0 aliphatic heterocycles. The van der Waals surface area contributed by atoms with E-state index in [1.165, 1.54) is 18.2 Å². The number of aromatic amines is 1. The van der Waals surface area contributed by atoms with Crippen LogP contribution in [0.1, 0.15) is 42.6 Å². The quantitative estimate of drug-likeness (QED) is 0.801. The number of carbonyl (C=O) groups is 2. The lowest BCUT2D eigenvalue weighted by atomic mass is 9.81. The number of halogens is 2. The van der Waals surface area contributed by atoms with Gasteiger partial charge in [0.25, 0.3) is 5.91 Å². The molecule has 0 atom stereocenters. The summed E-state index contributed by atoms with van der Waals surface area (Å²) in [5, 5.41) is 12.6. The fourth-order valence-electron chi connectivity index (χ4n) is 3.12. The largest absolute Gasteiger partial charge is 0.480 e. The number of amides is 1. The molecule has 0 saturated heterocycles. The summed E-state index contributed by atoms with van der Waals surface area (Å²) in [5.41, 5.74) is -0.686. The average molecular weight is 339 g/mol. The molecular weight excluding hydrogens is 323 g/mol. The standard InChI is InChI=1S/C16H16ClFN2O3/c17-12-10-8-9(18)4-5-11(10)19-13(12)14(21)20-16(15(22)23)6-2-1-3-7-16/h4-5,8,19H,1-3,6-7H2,(H,20,21)(H,22,23). The Morgan fingerprint density at radius 3 is 2.61 bits per heavy atom. The Hall–Kier alpha value is -2.08. The van der Waals surface area contributed by atoms with Crippen LogP contribution in [0.2, 0.25) is 5.02 Å². The van der Waals surface area contributed by atoms with E-state index in [2.05, 4.69) is 10.3 Å². The molecule has 1 aromatic carbocycles. The van der Waals surface area contributed by atoms with Gasteiger partial charge in [-0.2, -0.15) is 0 Å². The van der Waals surface area contributed by atoms with Crippen molar-refractivity contribution in [2.45, 2.75) is 37.6 Å². The zero-order valence-corrected chi connectivity index (χ0v) is 13.0. The highest BCUT2D eigenvalue weighted by Crippen LogP contribution is 2.31. The summed E-state index contributed by atoms with van der Waals surface area (Å²) in [7, 11) is 0. The summed E-state index contributed by atoms with van der Waals surface area (Å²) in [5.74, 6) is -2.08. The van der Waals surface area contributed by atoms with Crippen molar-refractivity contribution < 1.29 is 19.1 Å². The van der Waals surface area contributed by atoms with Gasteiger partial charge >= 0.3 is 5.97 Å². The van der Waals surface area contributed by atoms with Crippen molar-refractivity contribution in [2.24, 2.45) is 0 Å². The molecule has 122 valence electrons. The fraction of sp³-hybridized carbons (Fsp3) is 0.375. The maximum atomic E-state index is 13.3. The topological polar surface area (TPSA) is 82.2 Å². The van der Waals surface area contributed by atoms with Crippen molar-refractivity contribution in [3.05, 3.63) is 34.7 Å². The van der Waals surface area contributed by atoms with Gasteiger partial charge in [-0.1, -0.05) is 30.9 Å². The van der Waals surface area contributed by atoms with E-state index in [1.807, 2.05) is 0 Å². The number of carboxylic acids is 1. The first-order chi connectivity index (χ1) is 10.9.